The van der Waals surface area contributed by atoms with E-state index >= 15 is 0 Å². The van der Waals surface area contributed by atoms with Crippen molar-refractivity contribution < 1.29 is 14.7 Å². The molecule has 2 fully saturated rings. The van der Waals surface area contributed by atoms with Crippen molar-refractivity contribution in [3.05, 3.63) is 0 Å². The smallest absolute Gasteiger partial charge is 0.317 e. The lowest BCUT2D eigenvalue weighted by molar-refractivity contribution is -0.139. The molecule has 120 valence electrons. The topological polar surface area (TPSA) is 81.7 Å². The Morgan fingerprint density at radius 3 is 2.48 bits per heavy atom. The Balaban J connectivity index is 1.62. The quantitative estimate of drug-likeness (QED) is 0.663. The number of carboxylic acids is 1. The molecule has 2 saturated carbocycles. The highest BCUT2D eigenvalue weighted by Gasteiger charge is 2.35. The molecule has 3 N–H and O–H groups in total. The van der Waals surface area contributed by atoms with Gasteiger partial charge in [-0.15, -0.1) is 0 Å². The molecule has 0 aromatic rings. The molecular formula is C15H27N3O3. The molecule has 2 rings (SSSR count). The first-order valence-electron chi connectivity index (χ1n) is 7.92. The fourth-order valence-electron chi connectivity index (χ4n) is 3.16. The van der Waals surface area contributed by atoms with Crippen LogP contribution in [-0.2, 0) is 4.79 Å². The minimum absolute atomic E-state index is 0.0818. The molecule has 21 heavy (non-hydrogen) atoms. The van der Waals surface area contributed by atoms with Crippen molar-refractivity contribution in [2.75, 3.05) is 19.6 Å². The van der Waals surface area contributed by atoms with Crippen molar-refractivity contribution >= 4 is 12.0 Å². The first-order chi connectivity index (χ1) is 9.92. The lowest BCUT2D eigenvalue weighted by Gasteiger charge is -2.42. The summed E-state index contributed by atoms with van der Waals surface area (Å²) in [6.45, 7) is 5.73. The van der Waals surface area contributed by atoms with Crippen LogP contribution in [0.1, 0.15) is 46.0 Å². The summed E-state index contributed by atoms with van der Waals surface area (Å²) in [5.74, 6) is -0.792. The number of rotatable bonds is 7. The Hall–Kier alpha value is -1.30. The average molecular weight is 297 g/mol. The van der Waals surface area contributed by atoms with E-state index in [4.69, 9.17) is 5.11 Å². The summed E-state index contributed by atoms with van der Waals surface area (Å²) in [5.41, 5.74) is 0.292. The number of likely N-dealkylation sites (N-methyl/N-ethyl adjacent to an activating group) is 1. The maximum Gasteiger partial charge on any atom is 0.317 e. The molecular weight excluding hydrogens is 270 g/mol. The SMILES string of the molecule is CCN(CC(=O)O)C1CC(NC(=O)NCC2(C)CCC2)C1. The third-order valence-corrected chi connectivity index (χ3v) is 4.95. The third-order valence-electron chi connectivity index (χ3n) is 4.95. The molecule has 0 saturated heterocycles. The van der Waals surface area contributed by atoms with E-state index < -0.39 is 5.97 Å². The van der Waals surface area contributed by atoms with E-state index in [1.807, 2.05) is 11.8 Å². The second-order valence-corrected chi connectivity index (χ2v) is 6.77. The number of nitrogens with zero attached hydrogens (tertiary/aromatic N) is 1. The Bertz CT molecular complexity index is 390. The van der Waals surface area contributed by atoms with Crippen molar-refractivity contribution in [3.8, 4) is 0 Å². The van der Waals surface area contributed by atoms with Crippen molar-refractivity contribution in [3.63, 3.8) is 0 Å². The number of carbonyl (C=O) groups excluding carboxylic acids is 1. The summed E-state index contributed by atoms with van der Waals surface area (Å²) in [5, 5.41) is 14.8. The molecule has 6 heteroatoms. The molecule has 0 unspecified atom stereocenters. The van der Waals surface area contributed by atoms with Crippen molar-refractivity contribution in [1.82, 2.24) is 15.5 Å². The van der Waals surface area contributed by atoms with Gasteiger partial charge in [-0.3, -0.25) is 9.69 Å². The van der Waals surface area contributed by atoms with Crippen LogP contribution in [0.2, 0.25) is 0 Å². The van der Waals surface area contributed by atoms with Crippen LogP contribution >= 0.6 is 0 Å². The van der Waals surface area contributed by atoms with Crippen molar-refractivity contribution in [2.24, 2.45) is 5.41 Å². The first-order valence-corrected chi connectivity index (χ1v) is 7.92. The van der Waals surface area contributed by atoms with Gasteiger partial charge >= 0.3 is 12.0 Å². The third kappa shape index (κ3) is 4.33. The average Bonchev–Trinajstić information content (AvgIpc) is 2.35. The fraction of sp³-hybridized carbons (Fsp3) is 0.867. The molecule has 2 aliphatic carbocycles. The molecule has 6 nitrogen and oxygen atoms in total. The summed E-state index contributed by atoms with van der Waals surface area (Å²) in [6.07, 6.45) is 5.33. The highest BCUT2D eigenvalue weighted by atomic mass is 16.4. The Kier molecular flexibility index (Phi) is 5.08. The van der Waals surface area contributed by atoms with Crippen LogP contribution in [-0.4, -0.2) is 53.7 Å². The number of carbonyl (C=O) groups is 2. The van der Waals surface area contributed by atoms with E-state index in [9.17, 15) is 9.59 Å². The van der Waals surface area contributed by atoms with E-state index in [1.165, 1.54) is 19.3 Å². The number of aliphatic carboxylic acids is 1. The van der Waals surface area contributed by atoms with Crippen LogP contribution < -0.4 is 10.6 Å². The number of hydrogen-bond donors (Lipinski definition) is 3. The van der Waals surface area contributed by atoms with Crippen molar-refractivity contribution in [1.29, 1.82) is 0 Å². The molecule has 0 heterocycles. The molecule has 0 radical (unpaired) electrons. The minimum atomic E-state index is -0.792. The molecule has 0 aromatic heterocycles. The zero-order valence-corrected chi connectivity index (χ0v) is 13.0. The summed E-state index contributed by atoms with van der Waals surface area (Å²) < 4.78 is 0. The predicted octanol–water partition coefficient (Wildman–Crippen LogP) is 1.41. The number of urea groups is 1. The van der Waals surface area contributed by atoms with Gasteiger partial charge in [-0.2, -0.15) is 0 Å². The second-order valence-electron chi connectivity index (χ2n) is 6.77. The number of nitrogens with one attached hydrogen (secondary N) is 2. The Morgan fingerprint density at radius 1 is 1.33 bits per heavy atom. The number of carboxylic acid groups (broad SMARTS) is 1. The molecule has 2 aliphatic rings. The van der Waals surface area contributed by atoms with E-state index in [2.05, 4.69) is 17.6 Å². The second kappa shape index (κ2) is 6.64. The molecule has 0 aliphatic heterocycles. The maximum atomic E-state index is 11.8. The van der Waals surface area contributed by atoms with Gasteiger partial charge in [-0.1, -0.05) is 20.3 Å². The van der Waals surface area contributed by atoms with E-state index in [0.29, 0.717) is 5.41 Å². The van der Waals surface area contributed by atoms with Gasteiger partial charge < -0.3 is 15.7 Å². The van der Waals surface area contributed by atoms with Gasteiger partial charge in [0.2, 0.25) is 0 Å². The highest BCUT2D eigenvalue weighted by Crippen LogP contribution is 2.39. The van der Waals surface area contributed by atoms with Gasteiger partial charge in [-0.05, 0) is 37.6 Å². The van der Waals surface area contributed by atoms with Gasteiger partial charge in [-0.25, -0.2) is 4.79 Å². The molecule has 0 atom stereocenters. The standard InChI is InChI=1S/C15H27N3O3/c1-3-18(9-13(19)20)12-7-11(8-12)17-14(21)16-10-15(2)5-4-6-15/h11-12H,3-10H2,1-2H3,(H,19,20)(H2,16,17,21). The first kappa shape index (κ1) is 16.1. The van der Waals surface area contributed by atoms with E-state index in [1.54, 1.807) is 0 Å². The maximum absolute atomic E-state index is 11.8. The molecule has 0 aromatic carbocycles. The van der Waals surface area contributed by atoms with Gasteiger partial charge in [0.1, 0.15) is 0 Å². The number of hydrogen-bond acceptors (Lipinski definition) is 3. The zero-order valence-electron chi connectivity index (χ0n) is 13.0. The van der Waals surface area contributed by atoms with Gasteiger partial charge in [0.25, 0.3) is 0 Å². The highest BCUT2D eigenvalue weighted by molar-refractivity contribution is 5.74. The monoisotopic (exact) mass is 297 g/mol. The Morgan fingerprint density at radius 2 is 2.00 bits per heavy atom. The normalized spacial score (nSPS) is 26.6. The van der Waals surface area contributed by atoms with Gasteiger partial charge in [0.05, 0.1) is 6.54 Å². The van der Waals surface area contributed by atoms with Gasteiger partial charge in [0, 0.05) is 18.6 Å². The lowest BCUT2D eigenvalue weighted by atomic mass is 9.70. The number of amides is 2. The summed E-state index contributed by atoms with van der Waals surface area (Å²) >= 11 is 0. The molecule has 0 bridgehead atoms. The minimum Gasteiger partial charge on any atom is -0.480 e. The Labute approximate surface area is 126 Å². The fourth-order valence-corrected chi connectivity index (χ4v) is 3.16. The van der Waals surface area contributed by atoms with Gasteiger partial charge in [0.15, 0.2) is 0 Å². The van der Waals surface area contributed by atoms with Crippen LogP contribution in [0, 0.1) is 5.41 Å². The van der Waals surface area contributed by atoms with E-state index in [-0.39, 0.29) is 24.7 Å². The summed E-state index contributed by atoms with van der Waals surface area (Å²) in [6, 6.07) is 0.362. The lowest BCUT2D eigenvalue weighted by Crippen LogP contribution is -2.57. The van der Waals surface area contributed by atoms with Crippen LogP contribution in [0.4, 0.5) is 4.79 Å². The van der Waals surface area contributed by atoms with E-state index in [0.717, 1.165) is 25.9 Å². The van der Waals surface area contributed by atoms with Crippen LogP contribution in [0.15, 0.2) is 0 Å². The summed E-state index contributed by atoms with van der Waals surface area (Å²) in [7, 11) is 0. The van der Waals surface area contributed by atoms with Crippen LogP contribution in [0.5, 0.6) is 0 Å². The van der Waals surface area contributed by atoms with Crippen molar-refractivity contribution in [2.45, 2.75) is 58.0 Å². The predicted molar refractivity (Wildman–Crippen MR) is 80.2 cm³/mol. The molecule has 0 spiro atoms. The van der Waals surface area contributed by atoms with Crippen LogP contribution in [0.3, 0.4) is 0 Å². The molecule has 2 amide bonds. The largest absolute Gasteiger partial charge is 0.480 e. The summed E-state index contributed by atoms with van der Waals surface area (Å²) in [4.78, 5) is 24.5. The van der Waals surface area contributed by atoms with Crippen LogP contribution in [0.25, 0.3) is 0 Å². The zero-order chi connectivity index (χ0) is 15.5.